The molecule has 1 aromatic carbocycles. The van der Waals surface area contributed by atoms with E-state index in [4.69, 9.17) is 4.74 Å². The first-order chi connectivity index (χ1) is 10.5. The Morgan fingerprint density at radius 1 is 1.27 bits per heavy atom. The normalized spacial score (nSPS) is 13.4. The van der Waals surface area contributed by atoms with Crippen LogP contribution in [-0.4, -0.2) is 41.9 Å². The van der Waals surface area contributed by atoms with Crippen LogP contribution in [0.1, 0.15) is 37.0 Å². The molecule has 2 amide bonds. The van der Waals surface area contributed by atoms with Gasteiger partial charge >= 0.3 is 5.97 Å². The number of para-hydroxylation sites is 1. The molecule has 0 bridgehead atoms. The van der Waals surface area contributed by atoms with Crippen LogP contribution in [0.4, 0.5) is 5.69 Å². The summed E-state index contributed by atoms with van der Waals surface area (Å²) in [5, 5.41) is 2.68. The lowest BCUT2D eigenvalue weighted by atomic mass is 10.2. The molecule has 1 aliphatic rings. The third-order valence-corrected chi connectivity index (χ3v) is 3.40. The summed E-state index contributed by atoms with van der Waals surface area (Å²) >= 11 is 0. The number of carbonyl (C=O) groups is 3. The molecule has 0 radical (unpaired) electrons. The van der Waals surface area contributed by atoms with Gasteiger partial charge in [0.25, 0.3) is 0 Å². The topological polar surface area (TPSA) is 75.7 Å². The van der Waals surface area contributed by atoms with Crippen LogP contribution in [0, 0.1) is 0 Å². The fraction of sp³-hybridized carbons (Fsp3) is 0.438. The molecular weight excluding hydrogens is 284 g/mol. The molecule has 1 aliphatic carbocycles. The summed E-state index contributed by atoms with van der Waals surface area (Å²) in [6, 6.07) is 6.83. The van der Waals surface area contributed by atoms with Crippen molar-refractivity contribution in [3.05, 3.63) is 29.8 Å². The highest BCUT2D eigenvalue weighted by atomic mass is 16.5. The third kappa shape index (κ3) is 4.07. The van der Waals surface area contributed by atoms with Crippen molar-refractivity contribution in [2.24, 2.45) is 0 Å². The molecule has 1 aromatic rings. The van der Waals surface area contributed by atoms with Crippen molar-refractivity contribution in [3.63, 3.8) is 0 Å². The van der Waals surface area contributed by atoms with Gasteiger partial charge in [-0.2, -0.15) is 0 Å². The first kappa shape index (κ1) is 16.0. The lowest BCUT2D eigenvalue weighted by Gasteiger charge is -2.20. The van der Waals surface area contributed by atoms with Crippen LogP contribution in [0.5, 0.6) is 0 Å². The van der Waals surface area contributed by atoms with E-state index in [0.717, 1.165) is 12.8 Å². The van der Waals surface area contributed by atoms with Crippen molar-refractivity contribution in [1.29, 1.82) is 0 Å². The average Bonchev–Trinajstić information content (AvgIpc) is 3.29. The van der Waals surface area contributed by atoms with E-state index in [1.54, 1.807) is 36.1 Å². The molecule has 2 rings (SSSR count). The van der Waals surface area contributed by atoms with E-state index in [-0.39, 0.29) is 31.0 Å². The van der Waals surface area contributed by atoms with Crippen LogP contribution in [-0.2, 0) is 14.3 Å². The quantitative estimate of drug-likeness (QED) is 0.813. The standard InChI is InChI=1S/C16H20N2O4/c1-3-22-16(21)13-6-4-5-7-14(13)17-15(20)10-18(11(2)19)12-8-9-12/h4-7,12H,3,8-10H2,1-2H3,(H,17,20). The first-order valence-corrected chi connectivity index (χ1v) is 7.36. The zero-order chi connectivity index (χ0) is 16.1. The molecule has 0 atom stereocenters. The number of rotatable bonds is 6. The number of anilines is 1. The van der Waals surface area contributed by atoms with Crippen LogP contribution >= 0.6 is 0 Å². The molecule has 0 aliphatic heterocycles. The predicted molar refractivity (Wildman–Crippen MR) is 81.4 cm³/mol. The van der Waals surface area contributed by atoms with Gasteiger partial charge in [-0.3, -0.25) is 9.59 Å². The SMILES string of the molecule is CCOC(=O)c1ccccc1NC(=O)CN(C(C)=O)C1CC1. The predicted octanol–water partition coefficient (Wildman–Crippen LogP) is 1.81. The molecule has 1 saturated carbocycles. The molecule has 6 nitrogen and oxygen atoms in total. The molecule has 1 fully saturated rings. The zero-order valence-corrected chi connectivity index (χ0v) is 12.8. The third-order valence-electron chi connectivity index (χ3n) is 3.40. The van der Waals surface area contributed by atoms with Crippen molar-refractivity contribution in [2.75, 3.05) is 18.5 Å². The van der Waals surface area contributed by atoms with Gasteiger partial charge in [0.2, 0.25) is 11.8 Å². The Labute approximate surface area is 129 Å². The summed E-state index contributed by atoms with van der Waals surface area (Å²) in [4.78, 5) is 37.1. The minimum absolute atomic E-state index is 0.00282. The number of benzene rings is 1. The molecule has 0 spiro atoms. The Hall–Kier alpha value is -2.37. The second-order valence-corrected chi connectivity index (χ2v) is 5.19. The summed E-state index contributed by atoms with van der Waals surface area (Å²) in [5.41, 5.74) is 0.698. The summed E-state index contributed by atoms with van der Waals surface area (Å²) in [7, 11) is 0. The molecule has 0 unspecified atom stereocenters. The number of amides is 2. The monoisotopic (exact) mass is 304 g/mol. The Morgan fingerprint density at radius 3 is 2.55 bits per heavy atom. The molecule has 6 heteroatoms. The summed E-state index contributed by atoms with van der Waals surface area (Å²) < 4.78 is 4.96. The highest BCUT2D eigenvalue weighted by molar-refractivity contribution is 6.02. The molecule has 22 heavy (non-hydrogen) atoms. The highest BCUT2D eigenvalue weighted by Crippen LogP contribution is 2.26. The van der Waals surface area contributed by atoms with E-state index in [2.05, 4.69) is 5.32 Å². The van der Waals surface area contributed by atoms with Gasteiger partial charge in [0.1, 0.15) is 6.54 Å². The van der Waals surface area contributed by atoms with Crippen LogP contribution < -0.4 is 5.32 Å². The maximum absolute atomic E-state index is 12.1. The number of nitrogens with zero attached hydrogens (tertiary/aromatic N) is 1. The van der Waals surface area contributed by atoms with Gasteiger partial charge in [-0.1, -0.05) is 12.1 Å². The Balaban J connectivity index is 2.05. The van der Waals surface area contributed by atoms with Crippen molar-refractivity contribution in [1.82, 2.24) is 4.90 Å². The fourth-order valence-corrected chi connectivity index (χ4v) is 2.21. The molecule has 0 heterocycles. The Bertz CT molecular complexity index is 581. The number of esters is 1. The lowest BCUT2D eigenvalue weighted by Crippen LogP contribution is -2.38. The van der Waals surface area contributed by atoms with Crippen molar-refractivity contribution < 1.29 is 19.1 Å². The van der Waals surface area contributed by atoms with Crippen molar-refractivity contribution in [2.45, 2.75) is 32.7 Å². The van der Waals surface area contributed by atoms with Gasteiger partial charge in [0, 0.05) is 13.0 Å². The smallest absolute Gasteiger partial charge is 0.340 e. The number of ether oxygens (including phenoxy) is 1. The zero-order valence-electron chi connectivity index (χ0n) is 12.8. The average molecular weight is 304 g/mol. The molecule has 118 valence electrons. The first-order valence-electron chi connectivity index (χ1n) is 7.36. The fourth-order valence-electron chi connectivity index (χ4n) is 2.21. The second kappa shape index (κ2) is 7.06. The summed E-state index contributed by atoms with van der Waals surface area (Å²) in [6.45, 7) is 3.44. The summed E-state index contributed by atoms with van der Waals surface area (Å²) in [6.07, 6.45) is 1.87. The van der Waals surface area contributed by atoms with Crippen LogP contribution in [0.15, 0.2) is 24.3 Å². The van der Waals surface area contributed by atoms with Crippen molar-refractivity contribution in [3.8, 4) is 0 Å². The lowest BCUT2D eigenvalue weighted by molar-refractivity contribution is -0.133. The van der Waals surface area contributed by atoms with E-state index in [1.165, 1.54) is 6.92 Å². The number of hydrogen-bond donors (Lipinski definition) is 1. The molecule has 0 saturated heterocycles. The second-order valence-electron chi connectivity index (χ2n) is 5.19. The van der Waals surface area contributed by atoms with E-state index < -0.39 is 5.97 Å². The van der Waals surface area contributed by atoms with Crippen LogP contribution in [0.3, 0.4) is 0 Å². The Morgan fingerprint density at radius 2 is 1.95 bits per heavy atom. The minimum Gasteiger partial charge on any atom is -0.462 e. The van der Waals surface area contributed by atoms with E-state index in [1.807, 2.05) is 0 Å². The van der Waals surface area contributed by atoms with Gasteiger partial charge in [-0.15, -0.1) is 0 Å². The van der Waals surface area contributed by atoms with E-state index >= 15 is 0 Å². The van der Waals surface area contributed by atoms with Gasteiger partial charge in [0.15, 0.2) is 0 Å². The maximum atomic E-state index is 12.1. The van der Waals surface area contributed by atoms with Gasteiger partial charge in [0.05, 0.1) is 17.9 Å². The highest BCUT2D eigenvalue weighted by Gasteiger charge is 2.32. The summed E-state index contributed by atoms with van der Waals surface area (Å²) in [5.74, 6) is -0.917. The van der Waals surface area contributed by atoms with Crippen LogP contribution in [0.2, 0.25) is 0 Å². The van der Waals surface area contributed by atoms with Gasteiger partial charge < -0.3 is 15.0 Å². The molecule has 0 aromatic heterocycles. The largest absolute Gasteiger partial charge is 0.462 e. The minimum atomic E-state index is -0.482. The van der Waals surface area contributed by atoms with Crippen LogP contribution in [0.25, 0.3) is 0 Å². The van der Waals surface area contributed by atoms with Gasteiger partial charge in [-0.05, 0) is 31.9 Å². The number of nitrogens with one attached hydrogen (secondary N) is 1. The van der Waals surface area contributed by atoms with Crippen molar-refractivity contribution >= 4 is 23.5 Å². The molecular formula is C16H20N2O4. The van der Waals surface area contributed by atoms with E-state index in [9.17, 15) is 14.4 Å². The maximum Gasteiger partial charge on any atom is 0.340 e. The molecule has 1 N–H and O–H groups in total. The van der Waals surface area contributed by atoms with E-state index in [0.29, 0.717) is 11.3 Å². The Kier molecular flexibility index (Phi) is 5.14. The van der Waals surface area contributed by atoms with Gasteiger partial charge in [-0.25, -0.2) is 4.79 Å². The number of hydrogen-bond acceptors (Lipinski definition) is 4. The number of carbonyl (C=O) groups excluding carboxylic acids is 3.